The second-order valence-corrected chi connectivity index (χ2v) is 5.50. The number of nitrogens with two attached hydrogens (primary N) is 1. The molecule has 4 N–H and O–H groups in total. The second kappa shape index (κ2) is 9.77. The topological polar surface area (TPSA) is 67.2 Å². The third-order valence-corrected chi connectivity index (χ3v) is 3.70. The largest absolute Gasteiger partial charge is 0.351 e. The zero-order valence-electron chi connectivity index (χ0n) is 13.4. The standard InChI is InChI=1S/C19H25N3O/c20-15-17-10-8-16(9-11-17)5-4-12-21-13-14-22-19(23)18-6-2-1-3-7-18/h1-3,6-11,21H,4-5,12-15,20H2,(H,22,23). The van der Waals surface area contributed by atoms with Crippen LogP contribution in [-0.2, 0) is 13.0 Å². The maximum Gasteiger partial charge on any atom is 0.251 e. The van der Waals surface area contributed by atoms with Gasteiger partial charge in [0.1, 0.15) is 0 Å². The molecule has 0 atom stereocenters. The molecule has 0 heterocycles. The molecule has 2 aromatic carbocycles. The van der Waals surface area contributed by atoms with E-state index in [2.05, 4.69) is 34.9 Å². The lowest BCUT2D eigenvalue weighted by Gasteiger charge is -2.07. The van der Waals surface area contributed by atoms with Crippen LogP contribution in [0.15, 0.2) is 54.6 Å². The highest BCUT2D eigenvalue weighted by atomic mass is 16.1. The van der Waals surface area contributed by atoms with E-state index in [9.17, 15) is 4.79 Å². The van der Waals surface area contributed by atoms with E-state index in [0.717, 1.165) is 25.9 Å². The Morgan fingerprint density at radius 3 is 2.26 bits per heavy atom. The molecule has 0 spiro atoms. The second-order valence-electron chi connectivity index (χ2n) is 5.50. The van der Waals surface area contributed by atoms with E-state index in [0.29, 0.717) is 18.7 Å². The number of amides is 1. The first-order chi connectivity index (χ1) is 11.3. The first-order valence-electron chi connectivity index (χ1n) is 8.11. The van der Waals surface area contributed by atoms with Gasteiger partial charge in [0.2, 0.25) is 0 Å². The lowest BCUT2D eigenvalue weighted by molar-refractivity contribution is 0.0954. The summed E-state index contributed by atoms with van der Waals surface area (Å²) in [6.45, 7) is 2.96. The Hall–Kier alpha value is -2.17. The molecule has 122 valence electrons. The summed E-state index contributed by atoms with van der Waals surface area (Å²) < 4.78 is 0. The van der Waals surface area contributed by atoms with Crippen molar-refractivity contribution < 1.29 is 4.79 Å². The zero-order chi connectivity index (χ0) is 16.3. The molecule has 0 fully saturated rings. The van der Waals surface area contributed by atoms with Gasteiger partial charge in [-0.25, -0.2) is 0 Å². The van der Waals surface area contributed by atoms with Crippen LogP contribution in [0.25, 0.3) is 0 Å². The molecule has 0 aromatic heterocycles. The normalized spacial score (nSPS) is 10.5. The molecule has 4 heteroatoms. The molecule has 2 rings (SSSR count). The van der Waals surface area contributed by atoms with E-state index in [1.807, 2.05) is 30.3 Å². The van der Waals surface area contributed by atoms with Crippen LogP contribution in [0.5, 0.6) is 0 Å². The molecule has 2 aromatic rings. The summed E-state index contributed by atoms with van der Waals surface area (Å²) >= 11 is 0. The van der Waals surface area contributed by atoms with Crippen LogP contribution in [0.4, 0.5) is 0 Å². The predicted molar refractivity (Wildman–Crippen MR) is 94.3 cm³/mol. The Bertz CT molecular complexity index is 581. The number of benzene rings is 2. The number of nitrogens with one attached hydrogen (secondary N) is 2. The minimum atomic E-state index is -0.0209. The van der Waals surface area contributed by atoms with E-state index in [1.54, 1.807) is 0 Å². The van der Waals surface area contributed by atoms with Gasteiger partial charge < -0.3 is 16.4 Å². The maximum atomic E-state index is 11.8. The van der Waals surface area contributed by atoms with E-state index in [1.165, 1.54) is 11.1 Å². The van der Waals surface area contributed by atoms with Gasteiger partial charge in [0.15, 0.2) is 0 Å². The van der Waals surface area contributed by atoms with Gasteiger partial charge in [-0.05, 0) is 42.6 Å². The fourth-order valence-corrected chi connectivity index (χ4v) is 2.34. The molecule has 1 amide bonds. The van der Waals surface area contributed by atoms with Crippen molar-refractivity contribution in [1.82, 2.24) is 10.6 Å². The molecular formula is C19H25N3O. The van der Waals surface area contributed by atoms with Crippen LogP contribution in [0.3, 0.4) is 0 Å². The van der Waals surface area contributed by atoms with E-state index in [-0.39, 0.29) is 5.91 Å². The first-order valence-corrected chi connectivity index (χ1v) is 8.11. The summed E-state index contributed by atoms with van der Waals surface area (Å²) in [5.41, 5.74) is 8.79. The summed E-state index contributed by atoms with van der Waals surface area (Å²) in [4.78, 5) is 11.8. The van der Waals surface area contributed by atoms with Crippen molar-refractivity contribution >= 4 is 5.91 Å². The Balaban J connectivity index is 1.53. The fourth-order valence-electron chi connectivity index (χ4n) is 2.34. The van der Waals surface area contributed by atoms with Gasteiger partial charge in [0.05, 0.1) is 0 Å². The van der Waals surface area contributed by atoms with Crippen LogP contribution in [-0.4, -0.2) is 25.5 Å². The predicted octanol–water partition coefficient (Wildman–Crippen LogP) is 2.10. The number of carbonyl (C=O) groups excluding carboxylic acids is 1. The third kappa shape index (κ3) is 6.22. The van der Waals surface area contributed by atoms with E-state index >= 15 is 0 Å². The number of rotatable bonds is 9. The summed E-state index contributed by atoms with van der Waals surface area (Å²) in [5.74, 6) is -0.0209. The summed E-state index contributed by atoms with van der Waals surface area (Å²) in [6, 6.07) is 17.7. The average Bonchev–Trinajstić information content (AvgIpc) is 2.62. The molecule has 23 heavy (non-hydrogen) atoms. The molecule has 0 aliphatic carbocycles. The van der Waals surface area contributed by atoms with Crippen molar-refractivity contribution in [2.75, 3.05) is 19.6 Å². The zero-order valence-corrected chi connectivity index (χ0v) is 13.4. The van der Waals surface area contributed by atoms with Crippen molar-refractivity contribution in [2.24, 2.45) is 5.73 Å². The van der Waals surface area contributed by atoms with Gasteiger partial charge >= 0.3 is 0 Å². The van der Waals surface area contributed by atoms with Gasteiger partial charge in [-0.3, -0.25) is 4.79 Å². The lowest BCUT2D eigenvalue weighted by atomic mass is 10.1. The Kier molecular flexibility index (Phi) is 7.30. The number of aryl methyl sites for hydroxylation is 1. The molecule has 0 unspecified atom stereocenters. The molecule has 0 radical (unpaired) electrons. The highest BCUT2D eigenvalue weighted by Crippen LogP contribution is 2.05. The SMILES string of the molecule is NCc1ccc(CCCNCCNC(=O)c2ccccc2)cc1. The van der Waals surface area contributed by atoms with E-state index in [4.69, 9.17) is 5.73 Å². The summed E-state index contributed by atoms with van der Waals surface area (Å²) in [6.07, 6.45) is 2.13. The van der Waals surface area contributed by atoms with Gasteiger partial charge in [-0.2, -0.15) is 0 Å². The Morgan fingerprint density at radius 1 is 0.870 bits per heavy atom. The van der Waals surface area contributed by atoms with Gasteiger partial charge in [0, 0.05) is 25.2 Å². The first kappa shape index (κ1) is 17.2. The van der Waals surface area contributed by atoms with Crippen molar-refractivity contribution in [3.05, 3.63) is 71.3 Å². The van der Waals surface area contributed by atoms with Gasteiger partial charge in [0.25, 0.3) is 5.91 Å². The van der Waals surface area contributed by atoms with Crippen LogP contribution in [0.2, 0.25) is 0 Å². The Labute approximate surface area is 138 Å². The Morgan fingerprint density at radius 2 is 1.57 bits per heavy atom. The molecule has 0 saturated heterocycles. The van der Waals surface area contributed by atoms with Crippen LogP contribution >= 0.6 is 0 Å². The minimum Gasteiger partial charge on any atom is -0.351 e. The molecule has 0 aliphatic heterocycles. The molecule has 0 saturated carbocycles. The van der Waals surface area contributed by atoms with Gasteiger partial charge in [-0.15, -0.1) is 0 Å². The van der Waals surface area contributed by atoms with Crippen LogP contribution < -0.4 is 16.4 Å². The van der Waals surface area contributed by atoms with Crippen LogP contribution in [0, 0.1) is 0 Å². The van der Waals surface area contributed by atoms with Crippen molar-refractivity contribution in [1.29, 1.82) is 0 Å². The number of hydrogen-bond acceptors (Lipinski definition) is 3. The fraction of sp³-hybridized carbons (Fsp3) is 0.316. The maximum absolute atomic E-state index is 11.8. The van der Waals surface area contributed by atoms with E-state index < -0.39 is 0 Å². The van der Waals surface area contributed by atoms with Crippen LogP contribution in [0.1, 0.15) is 27.9 Å². The molecular weight excluding hydrogens is 286 g/mol. The third-order valence-electron chi connectivity index (χ3n) is 3.70. The van der Waals surface area contributed by atoms with Crippen molar-refractivity contribution in [3.8, 4) is 0 Å². The van der Waals surface area contributed by atoms with Crippen molar-refractivity contribution in [2.45, 2.75) is 19.4 Å². The van der Waals surface area contributed by atoms with Gasteiger partial charge in [-0.1, -0.05) is 42.5 Å². The summed E-state index contributed by atoms with van der Waals surface area (Å²) in [7, 11) is 0. The quantitative estimate of drug-likeness (QED) is 0.621. The number of carbonyl (C=O) groups is 1. The lowest BCUT2D eigenvalue weighted by Crippen LogP contribution is -2.32. The molecule has 0 bridgehead atoms. The monoisotopic (exact) mass is 311 g/mol. The highest BCUT2D eigenvalue weighted by Gasteiger charge is 2.02. The highest BCUT2D eigenvalue weighted by molar-refractivity contribution is 5.94. The van der Waals surface area contributed by atoms with Crippen molar-refractivity contribution in [3.63, 3.8) is 0 Å². The average molecular weight is 311 g/mol. The molecule has 0 aliphatic rings. The smallest absolute Gasteiger partial charge is 0.251 e. The molecule has 4 nitrogen and oxygen atoms in total. The minimum absolute atomic E-state index is 0.0209. The number of hydrogen-bond donors (Lipinski definition) is 3. The summed E-state index contributed by atoms with van der Waals surface area (Å²) in [5, 5.41) is 6.26.